The summed E-state index contributed by atoms with van der Waals surface area (Å²) in [5.41, 5.74) is 11.1. The lowest BCUT2D eigenvalue weighted by Gasteiger charge is -2.27. The van der Waals surface area contributed by atoms with Crippen molar-refractivity contribution in [2.75, 3.05) is 6.54 Å². The SMILES string of the molecule is CC(C)(C)CC(N)C(=O)NC(CC1CCCNC1=O)C(N)=O. The summed E-state index contributed by atoms with van der Waals surface area (Å²) < 4.78 is 0. The molecule has 1 heterocycles. The van der Waals surface area contributed by atoms with Crippen LogP contribution in [0.5, 0.6) is 0 Å². The van der Waals surface area contributed by atoms with E-state index in [-0.39, 0.29) is 23.7 Å². The lowest BCUT2D eigenvalue weighted by Crippen LogP contribution is -2.53. The zero-order valence-corrected chi connectivity index (χ0v) is 13.6. The number of primary amides is 1. The average Bonchev–Trinajstić information content (AvgIpc) is 2.38. The largest absolute Gasteiger partial charge is 0.368 e. The van der Waals surface area contributed by atoms with Gasteiger partial charge in [0.25, 0.3) is 0 Å². The van der Waals surface area contributed by atoms with Crippen molar-refractivity contribution >= 4 is 17.7 Å². The van der Waals surface area contributed by atoms with E-state index in [4.69, 9.17) is 11.5 Å². The summed E-state index contributed by atoms with van der Waals surface area (Å²) in [7, 11) is 0. The molecule has 3 unspecified atom stereocenters. The minimum atomic E-state index is -0.868. The number of piperidine rings is 1. The van der Waals surface area contributed by atoms with Gasteiger partial charge in [0.05, 0.1) is 6.04 Å². The van der Waals surface area contributed by atoms with Crippen molar-refractivity contribution in [3.63, 3.8) is 0 Å². The highest BCUT2D eigenvalue weighted by Gasteiger charge is 2.30. The van der Waals surface area contributed by atoms with Gasteiger partial charge in [0.1, 0.15) is 6.04 Å². The van der Waals surface area contributed by atoms with Gasteiger partial charge < -0.3 is 22.1 Å². The standard InChI is InChI=1S/C15H28N4O3/c1-15(2,3)8-10(16)14(22)19-11(12(17)20)7-9-5-4-6-18-13(9)21/h9-11H,4-8,16H2,1-3H3,(H2,17,20)(H,18,21)(H,19,22). The Kier molecular flexibility index (Phi) is 6.34. The van der Waals surface area contributed by atoms with Crippen LogP contribution >= 0.6 is 0 Å². The highest BCUT2D eigenvalue weighted by molar-refractivity contribution is 5.89. The number of nitrogens with one attached hydrogen (secondary N) is 2. The minimum Gasteiger partial charge on any atom is -0.368 e. The van der Waals surface area contributed by atoms with Crippen molar-refractivity contribution in [3.8, 4) is 0 Å². The number of amides is 3. The molecule has 1 fully saturated rings. The molecular weight excluding hydrogens is 284 g/mol. The smallest absolute Gasteiger partial charge is 0.240 e. The van der Waals surface area contributed by atoms with E-state index in [2.05, 4.69) is 10.6 Å². The van der Waals surface area contributed by atoms with Crippen LogP contribution in [-0.2, 0) is 14.4 Å². The van der Waals surface area contributed by atoms with Crippen molar-refractivity contribution in [2.24, 2.45) is 22.8 Å². The number of nitrogens with two attached hydrogens (primary N) is 2. The Hall–Kier alpha value is -1.63. The van der Waals surface area contributed by atoms with Crippen molar-refractivity contribution in [1.29, 1.82) is 0 Å². The van der Waals surface area contributed by atoms with Gasteiger partial charge in [0.2, 0.25) is 17.7 Å². The van der Waals surface area contributed by atoms with Crippen molar-refractivity contribution < 1.29 is 14.4 Å². The zero-order chi connectivity index (χ0) is 16.9. The molecule has 0 aromatic rings. The number of carbonyl (C=O) groups excluding carboxylic acids is 3. The molecule has 1 rings (SSSR count). The molecule has 0 aliphatic carbocycles. The average molecular weight is 312 g/mol. The van der Waals surface area contributed by atoms with Gasteiger partial charge in [0, 0.05) is 12.5 Å². The molecule has 0 bridgehead atoms. The van der Waals surface area contributed by atoms with Gasteiger partial charge in [-0.2, -0.15) is 0 Å². The predicted molar refractivity (Wildman–Crippen MR) is 83.5 cm³/mol. The maximum Gasteiger partial charge on any atom is 0.240 e. The molecule has 1 aliphatic heterocycles. The number of rotatable bonds is 6. The molecular formula is C15H28N4O3. The topological polar surface area (TPSA) is 127 Å². The first-order chi connectivity index (χ1) is 10.1. The number of carbonyl (C=O) groups is 3. The summed E-state index contributed by atoms with van der Waals surface area (Å²) in [6, 6.07) is -1.57. The third kappa shape index (κ3) is 6.01. The van der Waals surface area contributed by atoms with Gasteiger partial charge in [-0.15, -0.1) is 0 Å². The third-order valence-corrected chi connectivity index (χ3v) is 3.75. The summed E-state index contributed by atoms with van der Waals surface area (Å²) in [6.07, 6.45) is 2.27. The van der Waals surface area contributed by atoms with Gasteiger partial charge in [-0.1, -0.05) is 20.8 Å². The Bertz CT molecular complexity index is 431. The van der Waals surface area contributed by atoms with Crippen LogP contribution < -0.4 is 22.1 Å². The summed E-state index contributed by atoms with van der Waals surface area (Å²) in [5.74, 6) is -1.44. The van der Waals surface area contributed by atoms with E-state index in [1.54, 1.807) is 0 Å². The second-order valence-electron chi connectivity index (χ2n) is 7.20. The van der Waals surface area contributed by atoms with E-state index in [0.29, 0.717) is 19.4 Å². The highest BCUT2D eigenvalue weighted by atomic mass is 16.2. The van der Waals surface area contributed by atoms with E-state index in [9.17, 15) is 14.4 Å². The Morgan fingerprint density at radius 1 is 1.41 bits per heavy atom. The molecule has 7 nitrogen and oxygen atoms in total. The van der Waals surface area contributed by atoms with Crippen LogP contribution in [-0.4, -0.2) is 36.3 Å². The molecule has 22 heavy (non-hydrogen) atoms. The first kappa shape index (κ1) is 18.4. The molecule has 0 aromatic heterocycles. The van der Waals surface area contributed by atoms with Crippen LogP contribution in [0.3, 0.4) is 0 Å². The van der Waals surface area contributed by atoms with Gasteiger partial charge in [-0.05, 0) is 31.1 Å². The molecule has 7 heteroatoms. The third-order valence-electron chi connectivity index (χ3n) is 3.75. The van der Waals surface area contributed by atoms with Crippen LogP contribution in [0.1, 0.15) is 46.5 Å². The molecule has 6 N–H and O–H groups in total. The lowest BCUT2D eigenvalue weighted by molar-refractivity contribution is -0.131. The maximum absolute atomic E-state index is 12.1. The Balaban J connectivity index is 2.62. The molecule has 0 aromatic carbocycles. The molecule has 3 amide bonds. The van der Waals surface area contributed by atoms with E-state index in [0.717, 1.165) is 6.42 Å². The molecule has 3 atom stereocenters. The van der Waals surface area contributed by atoms with Crippen molar-refractivity contribution in [3.05, 3.63) is 0 Å². The van der Waals surface area contributed by atoms with E-state index >= 15 is 0 Å². The molecule has 126 valence electrons. The molecule has 0 spiro atoms. The molecule has 0 radical (unpaired) electrons. The van der Waals surface area contributed by atoms with E-state index < -0.39 is 23.9 Å². The Morgan fingerprint density at radius 3 is 2.55 bits per heavy atom. The van der Waals surface area contributed by atoms with Crippen LogP contribution in [0.15, 0.2) is 0 Å². The normalized spacial score (nSPS) is 21.6. The van der Waals surface area contributed by atoms with Gasteiger partial charge in [0.15, 0.2) is 0 Å². The second kappa shape index (κ2) is 7.58. The Morgan fingerprint density at radius 2 is 2.05 bits per heavy atom. The van der Waals surface area contributed by atoms with Crippen molar-refractivity contribution in [2.45, 2.75) is 58.5 Å². The van der Waals surface area contributed by atoms with Crippen molar-refractivity contribution in [1.82, 2.24) is 10.6 Å². The fourth-order valence-corrected chi connectivity index (χ4v) is 2.62. The summed E-state index contributed by atoms with van der Waals surface area (Å²) in [5, 5.41) is 5.34. The minimum absolute atomic E-state index is 0.0919. The number of hydrogen-bond acceptors (Lipinski definition) is 4. The number of hydrogen-bond donors (Lipinski definition) is 4. The highest BCUT2D eigenvalue weighted by Crippen LogP contribution is 2.21. The van der Waals surface area contributed by atoms with Crippen LogP contribution in [0.2, 0.25) is 0 Å². The van der Waals surface area contributed by atoms with E-state index in [1.807, 2.05) is 20.8 Å². The zero-order valence-electron chi connectivity index (χ0n) is 13.6. The summed E-state index contributed by atoms with van der Waals surface area (Å²) in [6.45, 7) is 6.60. The lowest BCUT2D eigenvalue weighted by atomic mass is 9.87. The maximum atomic E-state index is 12.1. The second-order valence-corrected chi connectivity index (χ2v) is 7.20. The Labute approximate surface area is 131 Å². The molecule has 0 saturated carbocycles. The monoisotopic (exact) mass is 312 g/mol. The van der Waals surface area contributed by atoms with Gasteiger partial charge >= 0.3 is 0 Å². The fourth-order valence-electron chi connectivity index (χ4n) is 2.62. The summed E-state index contributed by atoms with van der Waals surface area (Å²) in [4.78, 5) is 35.4. The first-order valence-corrected chi connectivity index (χ1v) is 7.73. The van der Waals surface area contributed by atoms with Crippen LogP contribution in [0.4, 0.5) is 0 Å². The fraction of sp³-hybridized carbons (Fsp3) is 0.800. The van der Waals surface area contributed by atoms with Gasteiger partial charge in [-0.3, -0.25) is 14.4 Å². The molecule has 1 aliphatic rings. The van der Waals surface area contributed by atoms with E-state index in [1.165, 1.54) is 0 Å². The van der Waals surface area contributed by atoms with Crippen LogP contribution in [0.25, 0.3) is 0 Å². The summed E-state index contributed by atoms with van der Waals surface area (Å²) >= 11 is 0. The molecule has 1 saturated heterocycles. The predicted octanol–water partition coefficient (Wildman–Crippen LogP) is -0.364. The van der Waals surface area contributed by atoms with Crippen LogP contribution in [0, 0.1) is 11.3 Å². The van der Waals surface area contributed by atoms with Gasteiger partial charge in [-0.25, -0.2) is 0 Å². The first-order valence-electron chi connectivity index (χ1n) is 7.73. The quantitative estimate of drug-likeness (QED) is 0.534.